The molecule has 0 bridgehead atoms. The molecule has 0 spiro atoms. The summed E-state index contributed by atoms with van der Waals surface area (Å²) in [5.41, 5.74) is 2.73. The van der Waals surface area contributed by atoms with Crippen LogP contribution in [0.3, 0.4) is 0 Å². The molecule has 1 heterocycles. The maximum absolute atomic E-state index is 3.43. The van der Waals surface area contributed by atoms with Crippen molar-refractivity contribution >= 4 is 23.1 Å². The summed E-state index contributed by atoms with van der Waals surface area (Å²) in [5.74, 6) is 0. The van der Waals surface area contributed by atoms with Crippen LogP contribution in [0, 0.1) is 6.92 Å². The Morgan fingerprint density at radius 3 is 2.59 bits per heavy atom. The van der Waals surface area contributed by atoms with Crippen molar-refractivity contribution in [2.45, 2.75) is 17.9 Å². The molecule has 0 amide bonds. The van der Waals surface area contributed by atoms with Crippen LogP contribution >= 0.6 is 23.1 Å². The number of rotatable bonds is 4. The molecule has 2 aromatic rings. The zero-order chi connectivity index (χ0) is 12.3. The molecule has 1 atom stereocenters. The summed E-state index contributed by atoms with van der Waals surface area (Å²) < 4.78 is 0. The smallest absolute Gasteiger partial charge is 0.0682 e. The molecule has 3 heteroatoms. The third-order valence-electron chi connectivity index (χ3n) is 2.90. The van der Waals surface area contributed by atoms with E-state index in [1.165, 1.54) is 20.9 Å². The number of hydrogen-bond donors (Lipinski definition) is 1. The first-order chi connectivity index (χ1) is 8.27. The van der Waals surface area contributed by atoms with E-state index in [2.05, 4.69) is 54.2 Å². The van der Waals surface area contributed by atoms with Gasteiger partial charge in [-0.3, -0.25) is 0 Å². The summed E-state index contributed by atoms with van der Waals surface area (Å²) in [4.78, 5) is 2.76. The number of nitrogens with one attached hydrogen (secondary N) is 1. The maximum atomic E-state index is 3.43. The molecule has 0 saturated carbocycles. The van der Waals surface area contributed by atoms with E-state index in [1.807, 2.05) is 18.4 Å². The second-order valence-electron chi connectivity index (χ2n) is 3.93. The summed E-state index contributed by atoms with van der Waals surface area (Å²) in [6, 6.07) is 11.1. The van der Waals surface area contributed by atoms with Crippen LogP contribution in [0.4, 0.5) is 0 Å². The van der Waals surface area contributed by atoms with Gasteiger partial charge in [0.1, 0.15) is 0 Å². The maximum Gasteiger partial charge on any atom is 0.0682 e. The lowest BCUT2D eigenvalue weighted by atomic mass is 10.0. The third kappa shape index (κ3) is 2.57. The highest BCUT2D eigenvalue weighted by Gasteiger charge is 2.17. The predicted octanol–water partition coefficient (Wildman–Crippen LogP) is 4.09. The SMILES string of the molecule is CNC(c1ccccc1SC)c1sccc1C. The fraction of sp³-hybridized carbons (Fsp3) is 0.286. The van der Waals surface area contributed by atoms with Crippen molar-refractivity contribution in [1.82, 2.24) is 5.32 Å². The molecular weight excluding hydrogens is 246 g/mol. The zero-order valence-electron chi connectivity index (χ0n) is 10.4. The highest BCUT2D eigenvalue weighted by atomic mass is 32.2. The average Bonchev–Trinajstić information content (AvgIpc) is 2.78. The molecular formula is C14H17NS2. The number of hydrogen-bond acceptors (Lipinski definition) is 3. The van der Waals surface area contributed by atoms with Crippen molar-refractivity contribution in [2.75, 3.05) is 13.3 Å². The van der Waals surface area contributed by atoms with Gasteiger partial charge >= 0.3 is 0 Å². The quantitative estimate of drug-likeness (QED) is 0.834. The van der Waals surface area contributed by atoms with Crippen LogP contribution in [0.15, 0.2) is 40.6 Å². The Morgan fingerprint density at radius 1 is 1.24 bits per heavy atom. The Balaban J connectivity index is 2.46. The number of thiophene rings is 1. The minimum atomic E-state index is 0.304. The predicted molar refractivity (Wildman–Crippen MR) is 78.2 cm³/mol. The first-order valence-corrected chi connectivity index (χ1v) is 7.72. The molecule has 0 aliphatic carbocycles. The van der Waals surface area contributed by atoms with Crippen molar-refractivity contribution < 1.29 is 0 Å². The van der Waals surface area contributed by atoms with Crippen LogP contribution < -0.4 is 5.32 Å². The average molecular weight is 263 g/mol. The number of thioether (sulfide) groups is 1. The number of benzene rings is 1. The minimum Gasteiger partial charge on any atom is -0.309 e. The van der Waals surface area contributed by atoms with Crippen LogP contribution in [0.25, 0.3) is 0 Å². The zero-order valence-corrected chi connectivity index (χ0v) is 12.0. The van der Waals surface area contributed by atoms with E-state index in [1.54, 1.807) is 11.8 Å². The normalized spacial score (nSPS) is 12.6. The van der Waals surface area contributed by atoms with Gasteiger partial charge in [-0.15, -0.1) is 23.1 Å². The second kappa shape index (κ2) is 5.71. The molecule has 17 heavy (non-hydrogen) atoms. The van der Waals surface area contributed by atoms with Crippen LogP contribution in [0.2, 0.25) is 0 Å². The van der Waals surface area contributed by atoms with Crippen molar-refractivity contribution in [1.29, 1.82) is 0 Å². The molecule has 0 radical (unpaired) electrons. The van der Waals surface area contributed by atoms with Gasteiger partial charge in [0.25, 0.3) is 0 Å². The van der Waals surface area contributed by atoms with E-state index in [0.717, 1.165) is 0 Å². The molecule has 1 unspecified atom stereocenters. The van der Waals surface area contributed by atoms with Crippen LogP contribution in [-0.4, -0.2) is 13.3 Å². The summed E-state index contributed by atoms with van der Waals surface area (Å²) in [6.45, 7) is 2.18. The largest absolute Gasteiger partial charge is 0.309 e. The van der Waals surface area contributed by atoms with Gasteiger partial charge in [-0.1, -0.05) is 18.2 Å². The van der Waals surface area contributed by atoms with Gasteiger partial charge in [-0.25, -0.2) is 0 Å². The monoisotopic (exact) mass is 263 g/mol. The molecule has 2 rings (SSSR count). The molecule has 0 fully saturated rings. The Morgan fingerprint density at radius 2 is 2.00 bits per heavy atom. The lowest BCUT2D eigenvalue weighted by Gasteiger charge is -2.19. The highest BCUT2D eigenvalue weighted by Crippen LogP contribution is 2.33. The van der Waals surface area contributed by atoms with Gasteiger partial charge < -0.3 is 5.32 Å². The Labute approximate surface area is 111 Å². The Kier molecular flexibility index (Phi) is 4.26. The Bertz CT molecular complexity index is 490. The standard InChI is InChI=1S/C14H17NS2/c1-10-8-9-17-14(10)13(15-2)11-6-4-5-7-12(11)16-3/h4-9,13,15H,1-3H3. The third-order valence-corrected chi connectivity index (χ3v) is 4.80. The minimum absolute atomic E-state index is 0.304. The van der Waals surface area contributed by atoms with Crippen LogP contribution in [0.5, 0.6) is 0 Å². The summed E-state index contributed by atoms with van der Waals surface area (Å²) >= 11 is 3.63. The molecule has 90 valence electrons. The first kappa shape index (κ1) is 12.7. The molecule has 1 nitrogen and oxygen atoms in total. The van der Waals surface area contributed by atoms with Crippen molar-refractivity contribution in [3.8, 4) is 0 Å². The molecule has 1 N–H and O–H groups in total. The lowest BCUT2D eigenvalue weighted by molar-refractivity contribution is 0.688. The van der Waals surface area contributed by atoms with Gasteiger partial charge in [0.2, 0.25) is 0 Å². The van der Waals surface area contributed by atoms with E-state index in [-0.39, 0.29) is 0 Å². The van der Waals surface area contributed by atoms with Gasteiger partial charge in [0, 0.05) is 9.77 Å². The highest BCUT2D eigenvalue weighted by molar-refractivity contribution is 7.98. The van der Waals surface area contributed by atoms with E-state index in [4.69, 9.17) is 0 Å². The van der Waals surface area contributed by atoms with E-state index < -0.39 is 0 Å². The Hall–Kier alpha value is -0.770. The molecule has 0 aliphatic heterocycles. The lowest BCUT2D eigenvalue weighted by Crippen LogP contribution is -2.18. The van der Waals surface area contributed by atoms with Gasteiger partial charge in [0.15, 0.2) is 0 Å². The van der Waals surface area contributed by atoms with Gasteiger partial charge in [0.05, 0.1) is 6.04 Å². The van der Waals surface area contributed by atoms with Crippen molar-refractivity contribution in [3.63, 3.8) is 0 Å². The molecule has 0 saturated heterocycles. The fourth-order valence-corrected chi connectivity index (χ4v) is 3.70. The molecule has 1 aromatic carbocycles. The first-order valence-electron chi connectivity index (χ1n) is 5.62. The summed E-state index contributed by atoms with van der Waals surface area (Å²) in [6.07, 6.45) is 2.13. The molecule has 0 aliphatic rings. The van der Waals surface area contributed by atoms with Crippen molar-refractivity contribution in [3.05, 3.63) is 51.7 Å². The van der Waals surface area contributed by atoms with E-state index >= 15 is 0 Å². The van der Waals surface area contributed by atoms with Crippen molar-refractivity contribution in [2.24, 2.45) is 0 Å². The van der Waals surface area contributed by atoms with Crippen LogP contribution in [-0.2, 0) is 0 Å². The van der Waals surface area contributed by atoms with Gasteiger partial charge in [-0.2, -0.15) is 0 Å². The van der Waals surface area contributed by atoms with E-state index in [0.29, 0.717) is 6.04 Å². The topological polar surface area (TPSA) is 12.0 Å². The second-order valence-corrected chi connectivity index (χ2v) is 5.73. The van der Waals surface area contributed by atoms with Gasteiger partial charge in [-0.05, 0) is 48.9 Å². The summed E-state index contributed by atoms with van der Waals surface area (Å²) in [5, 5.41) is 5.60. The van der Waals surface area contributed by atoms with Crippen LogP contribution in [0.1, 0.15) is 22.0 Å². The number of aryl methyl sites for hydroxylation is 1. The molecule has 1 aromatic heterocycles. The van der Waals surface area contributed by atoms with E-state index in [9.17, 15) is 0 Å². The summed E-state index contributed by atoms with van der Waals surface area (Å²) in [7, 11) is 2.03. The fourth-order valence-electron chi connectivity index (χ4n) is 2.01.